The van der Waals surface area contributed by atoms with Crippen LogP contribution in [-0.2, 0) is 4.79 Å². The molecule has 0 saturated carbocycles. The third-order valence-corrected chi connectivity index (χ3v) is 4.98. The number of hydrogen-bond donors (Lipinski definition) is 0. The Labute approximate surface area is 165 Å². The number of carbonyl (C=O) groups excluding carboxylic acids is 1. The lowest BCUT2D eigenvalue weighted by atomic mass is 10.0. The number of carbonyl (C=O) groups is 1. The van der Waals surface area contributed by atoms with E-state index in [0.29, 0.717) is 29.4 Å². The van der Waals surface area contributed by atoms with Gasteiger partial charge < -0.3 is 19.1 Å². The normalized spacial score (nSPS) is 16.9. The van der Waals surface area contributed by atoms with Crippen LogP contribution in [0.25, 0.3) is 0 Å². The van der Waals surface area contributed by atoms with Crippen LogP contribution in [0, 0.1) is 11.3 Å². The monoisotopic (exact) mass is 380 g/mol. The molecule has 6 heteroatoms. The summed E-state index contributed by atoms with van der Waals surface area (Å²) in [4.78, 5) is 14.9. The third kappa shape index (κ3) is 4.04. The number of nitriles is 1. The summed E-state index contributed by atoms with van der Waals surface area (Å²) in [6.07, 6.45) is 1.17. The molecule has 0 aliphatic carbocycles. The van der Waals surface area contributed by atoms with Crippen molar-refractivity contribution in [2.75, 3.05) is 20.8 Å². The second-order valence-corrected chi connectivity index (χ2v) is 6.69. The van der Waals surface area contributed by atoms with Gasteiger partial charge in [0.25, 0.3) is 5.91 Å². The zero-order valence-electron chi connectivity index (χ0n) is 16.3. The summed E-state index contributed by atoms with van der Waals surface area (Å²) >= 11 is 0. The van der Waals surface area contributed by atoms with Crippen LogP contribution >= 0.6 is 0 Å². The third-order valence-electron chi connectivity index (χ3n) is 4.98. The van der Waals surface area contributed by atoms with Gasteiger partial charge in [0.05, 0.1) is 31.9 Å². The molecule has 0 spiro atoms. The van der Waals surface area contributed by atoms with Gasteiger partial charge in [-0.15, -0.1) is 0 Å². The molecule has 3 rings (SSSR count). The second-order valence-electron chi connectivity index (χ2n) is 6.69. The van der Waals surface area contributed by atoms with Crippen molar-refractivity contribution >= 4 is 5.91 Å². The second kappa shape index (κ2) is 8.66. The smallest absolute Gasteiger partial charge is 0.263 e. The van der Waals surface area contributed by atoms with Crippen molar-refractivity contribution in [2.24, 2.45) is 0 Å². The van der Waals surface area contributed by atoms with Crippen LogP contribution in [0.15, 0.2) is 42.5 Å². The summed E-state index contributed by atoms with van der Waals surface area (Å²) in [5.41, 5.74) is 1.53. The molecule has 0 radical (unpaired) electrons. The molecule has 6 nitrogen and oxygen atoms in total. The number of benzene rings is 2. The molecule has 1 saturated heterocycles. The van der Waals surface area contributed by atoms with Gasteiger partial charge in [-0.3, -0.25) is 4.79 Å². The van der Waals surface area contributed by atoms with Gasteiger partial charge in [-0.2, -0.15) is 5.26 Å². The largest absolute Gasteiger partial charge is 0.497 e. The van der Waals surface area contributed by atoms with Crippen molar-refractivity contribution in [3.05, 3.63) is 53.6 Å². The van der Waals surface area contributed by atoms with E-state index >= 15 is 0 Å². The van der Waals surface area contributed by atoms with Crippen LogP contribution in [0.2, 0.25) is 0 Å². The number of ether oxygens (including phenoxy) is 3. The van der Waals surface area contributed by atoms with Crippen LogP contribution in [0.1, 0.15) is 36.9 Å². The summed E-state index contributed by atoms with van der Waals surface area (Å²) < 4.78 is 16.6. The van der Waals surface area contributed by atoms with Crippen molar-refractivity contribution < 1.29 is 19.0 Å². The predicted octanol–water partition coefficient (Wildman–Crippen LogP) is 3.71. The SMILES string of the molecule is COc1ccc(C2CCCN2C(=O)C(C)Oc2ccc(C#N)cc2)c(OC)c1. The predicted molar refractivity (Wildman–Crippen MR) is 104 cm³/mol. The average Bonchev–Trinajstić information content (AvgIpc) is 3.22. The minimum Gasteiger partial charge on any atom is -0.497 e. The Morgan fingerprint density at radius 3 is 2.50 bits per heavy atom. The molecular weight excluding hydrogens is 356 g/mol. The average molecular weight is 380 g/mol. The lowest BCUT2D eigenvalue weighted by Gasteiger charge is -2.29. The van der Waals surface area contributed by atoms with Gasteiger partial charge in [-0.25, -0.2) is 0 Å². The quantitative estimate of drug-likeness (QED) is 0.764. The van der Waals surface area contributed by atoms with E-state index in [0.717, 1.165) is 18.4 Å². The Morgan fingerprint density at radius 1 is 1.14 bits per heavy atom. The summed E-state index contributed by atoms with van der Waals surface area (Å²) in [6.45, 7) is 2.43. The van der Waals surface area contributed by atoms with E-state index in [4.69, 9.17) is 19.5 Å². The Morgan fingerprint density at radius 2 is 1.86 bits per heavy atom. The molecule has 0 N–H and O–H groups in total. The molecule has 28 heavy (non-hydrogen) atoms. The maximum Gasteiger partial charge on any atom is 0.263 e. The maximum absolute atomic E-state index is 13.1. The first-order valence-corrected chi connectivity index (χ1v) is 9.26. The number of hydrogen-bond acceptors (Lipinski definition) is 5. The van der Waals surface area contributed by atoms with E-state index in [1.165, 1.54) is 0 Å². The highest BCUT2D eigenvalue weighted by Crippen LogP contribution is 2.39. The standard InChI is InChI=1S/C22H24N2O4/c1-15(28-17-8-6-16(14-23)7-9-17)22(25)24-12-4-5-20(24)19-11-10-18(26-2)13-21(19)27-3/h6-11,13,15,20H,4-5,12H2,1-3H3. The Hall–Kier alpha value is -3.20. The zero-order chi connectivity index (χ0) is 20.1. The molecule has 0 aromatic heterocycles. The molecule has 2 aromatic rings. The molecule has 1 aliphatic heterocycles. The fraction of sp³-hybridized carbons (Fsp3) is 0.364. The lowest BCUT2D eigenvalue weighted by Crippen LogP contribution is -2.40. The van der Waals surface area contributed by atoms with Gasteiger partial charge in [0.2, 0.25) is 0 Å². The van der Waals surface area contributed by atoms with E-state index in [2.05, 4.69) is 6.07 Å². The maximum atomic E-state index is 13.1. The van der Waals surface area contributed by atoms with E-state index in [1.807, 2.05) is 23.1 Å². The fourth-order valence-corrected chi connectivity index (χ4v) is 3.54. The number of likely N-dealkylation sites (tertiary alicyclic amines) is 1. The van der Waals surface area contributed by atoms with E-state index in [9.17, 15) is 4.79 Å². The molecule has 1 aliphatic rings. The van der Waals surface area contributed by atoms with E-state index in [1.54, 1.807) is 45.4 Å². The van der Waals surface area contributed by atoms with Crippen LogP contribution in [0.4, 0.5) is 0 Å². The first kappa shape index (κ1) is 19.6. The molecule has 1 fully saturated rings. The first-order chi connectivity index (χ1) is 13.6. The van der Waals surface area contributed by atoms with Crippen molar-refractivity contribution in [3.63, 3.8) is 0 Å². The highest BCUT2D eigenvalue weighted by molar-refractivity contribution is 5.81. The summed E-state index contributed by atoms with van der Waals surface area (Å²) in [5, 5.41) is 8.89. The molecule has 1 amide bonds. The van der Waals surface area contributed by atoms with Crippen molar-refractivity contribution in [1.29, 1.82) is 5.26 Å². The van der Waals surface area contributed by atoms with Crippen molar-refractivity contribution in [3.8, 4) is 23.3 Å². The lowest BCUT2D eigenvalue weighted by molar-refractivity contribution is -0.138. The molecule has 2 unspecified atom stereocenters. The van der Waals surface area contributed by atoms with Crippen molar-refractivity contribution in [1.82, 2.24) is 4.90 Å². The van der Waals surface area contributed by atoms with Gasteiger partial charge in [0.15, 0.2) is 6.10 Å². The Balaban J connectivity index is 1.76. The van der Waals surface area contributed by atoms with E-state index in [-0.39, 0.29) is 11.9 Å². The number of amides is 1. The van der Waals surface area contributed by atoms with Gasteiger partial charge in [-0.05, 0) is 56.2 Å². The van der Waals surface area contributed by atoms with Gasteiger partial charge in [0, 0.05) is 18.2 Å². The van der Waals surface area contributed by atoms with Crippen LogP contribution < -0.4 is 14.2 Å². The molecule has 0 bridgehead atoms. The number of rotatable bonds is 6. The molecular formula is C22H24N2O4. The van der Waals surface area contributed by atoms with Gasteiger partial charge in [0.1, 0.15) is 17.2 Å². The molecule has 146 valence electrons. The molecule has 2 atom stereocenters. The van der Waals surface area contributed by atoms with E-state index < -0.39 is 6.10 Å². The van der Waals surface area contributed by atoms with Crippen LogP contribution in [0.5, 0.6) is 17.2 Å². The number of nitrogens with zero attached hydrogens (tertiary/aromatic N) is 2. The number of methoxy groups -OCH3 is 2. The Kier molecular flexibility index (Phi) is 6.05. The highest BCUT2D eigenvalue weighted by Gasteiger charge is 2.34. The Bertz CT molecular complexity index is 873. The minimum absolute atomic E-state index is 0.0552. The molecule has 1 heterocycles. The minimum atomic E-state index is -0.627. The summed E-state index contributed by atoms with van der Waals surface area (Å²) in [6, 6.07) is 14.5. The van der Waals surface area contributed by atoms with Crippen molar-refractivity contribution in [2.45, 2.75) is 31.9 Å². The fourth-order valence-electron chi connectivity index (χ4n) is 3.54. The van der Waals surface area contributed by atoms with Crippen LogP contribution in [0.3, 0.4) is 0 Å². The van der Waals surface area contributed by atoms with Gasteiger partial charge >= 0.3 is 0 Å². The van der Waals surface area contributed by atoms with Crippen LogP contribution in [-0.4, -0.2) is 37.7 Å². The zero-order valence-corrected chi connectivity index (χ0v) is 16.3. The topological polar surface area (TPSA) is 71.8 Å². The summed E-state index contributed by atoms with van der Waals surface area (Å²) in [7, 11) is 3.23. The molecule has 2 aromatic carbocycles. The first-order valence-electron chi connectivity index (χ1n) is 9.26. The highest BCUT2D eigenvalue weighted by atomic mass is 16.5. The van der Waals surface area contributed by atoms with Gasteiger partial charge in [-0.1, -0.05) is 0 Å². The summed E-state index contributed by atoms with van der Waals surface area (Å²) in [5.74, 6) is 1.93.